The molecule has 24 heavy (non-hydrogen) atoms. The maximum absolute atomic E-state index is 12.7. The van der Waals surface area contributed by atoms with E-state index in [4.69, 9.17) is 4.74 Å². The van der Waals surface area contributed by atoms with Crippen LogP contribution < -0.4 is 4.74 Å². The first kappa shape index (κ1) is 18.2. The Morgan fingerprint density at radius 3 is 2.46 bits per heavy atom. The number of methoxy groups -OCH3 is 2. The third kappa shape index (κ3) is 3.09. The molecule has 2 rings (SSSR count). The Morgan fingerprint density at radius 2 is 1.96 bits per heavy atom. The molecule has 9 heteroatoms. The summed E-state index contributed by atoms with van der Waals surface area (Å²) < 4.78 is 36.3. The van der Waals surface area contributed by atoms with Gasteiger partial charge in [0.25, 0.3) is 0 Å². The second-order valence-corrected chi connectivity index (χ2v) is 7.75. The normalized spacial score (nSPS) is 21.5. The first-order chi connectivity index (χ1) is 11.2. The van der Waals surface area contributed by atoms with Gasteiger partial charge in [-0.05, 0) is 25.5 Å². The summed E-state index contributed by atoms with van der Waals surface area (Å²) in [6.07, 6.45) is 0.235. The van der Waals surface area contributed by atoms with Gasteiger partial charge in [0.1, 0.15) is 11.3 Å². The molecule has 1 atom stereocenters. The van der Waals surface area contributed by atoms with Crippen LogP contribution in [0.15, 0.2) is 23.1 Å². The molecule has 1 aromatic rings. The van der Waals surface area contributed by atoms with Crippen LogP contribution in [0.5, 0.6) is 5.75 Å². The smallest absolute Gasteiger partial charge is 0.341 e. The van der Waals surface area contributed by atoms with E-state index in [2.05, 4.69) is 4.74 Å². The van der Waals surface area contributed by atoms with Crippen molar-refractivity contribution in [2.24, 2.45) is 5.41 Å². The lowest BCUT2D eigenvalue weighted by Crippen LogP contribution is -2.34. The van der Waals surface area contributed by atoms with Crippen LogP contribution in [0.4, 0.5) is 0 Å². The van der Waals surface area contributed by atoms with E-state index in [1.165, 1.54) is 39.3 Å². The van der Waals surface area contributed by atoms with Gasteiger partial charge in [0, 0.05) is 19.2 Å². The summed E-state index contributed by atoms with van der Waals surface area (Å²) >= 11 is 0. The highest BCUT2D eigenvalue weighted by molar-refractivity contribution is 7.89. The standard InChI is InChI=1S/C15H19NO7S/c1-15(14(18)19)6-7-16(9-15)24(20,21)10-4-5-11(13(17)23-3)12(8-10)22-2/h4-5,8H,6-7,9H2,1-3H3,(H,18,19). The predicted molar refractivity (Wildman–Crippen MR) is 83.5 cm³/mol. The van der Waals surface area contributed by atoms with Crippen LogP contribution in [0.3, 0.4) is 0 Å². The summed E-state index contributed by atoms with van der Waals surface area (Å²) in [5.74, 6) is -1.60. The fraction of sp³-hybridized carbons (Fsp3) is 0.467. The molecule has 0 radical (unpaired) electrons. The lowest BCUT2D eigenvalue weighted by atomic mass is 9.90. The zero-order valence-electron chi connectivity index (χ0n) is 13.6. The van der Waals surface area contributed by atoms with Crippen molar-refractivity contribution >= 4 is 22.0 Å². The minimum atomic E-state index is -3.89. The molecule has 1 aliphatic rings. The number of carbonyl (C=O) groups is 2. The predicted octanol–water partition coefficient (Wildman–Crippen LogP) is 0.967. The van der Waals surface area contributed by atoms with Gasteiger partial charge in [-0.15, -0.1) is 0 Å². The van der Waals surface area contributed by atoms with Gasteiger partial charge in [0.15, 0.2) is 0 Å². The number of carboxylic acids is 1. The number of hydrogen-bond donors (Lipinski definition) is 1. The van der Waals surface area contributed by atoms with Crippen LogP contribution in [0.1, 0.15) is 23.7 Å². The van der Waals surface area contributed by atoms with E-state index in [0.29, 0.717) is 0 Å². The van der Waals surface area contributed by atoms with E-state index < -0.39 is 27.4 Å². The number of sulfonamides is 1. The number of carbonyl (C=O) groups excluding carboxylic acids is 1. The second kappa shape index (κ2) is 6.40. The third-order valence-corrected chi connectivity index (χ3v) is 6.01. The molecule has 1 saturated heterocycles. The average molecular weight is 357 g/mol. The van der Waals surface area contributed by atoms with E-state index in [1.807, 2.05) is 0 Å². The molecule has 1 heterocycles. The molecule has 0 amide bonds. The van der Waals surface area contributed by atoms with Crippen molar-refractivity contribution in [3.05, 3.63) is 23.8 Å². The number of nitrogens with zero attached hydrogens (tertiary/aromatic N) is 1. The molecular weight excluding hydrogens is 338 g/mol. The summed E-state index contributed by atoms with van der Waals surface area (Å²) in [5.41, 5.74) is -1.00. The van der Waals surface area contributed by atoms with Crippen LogP contribution in [0, 0.1) is 5.41 Å². The van der Waals surface area contributed by atoms with Crippen molar-refractivity contribution in [1.82, 2.24) is 4.31 Å². The van der Waals surface area contributed by atoms with Gasteiger partial charge in [0.2, 0.25) is 10.0 Å². The number of esters is 1. The number of carboxylic acid groups (broad SMARTS) is 1. The SMILES string of the molecule is COC(=O)c1ccc(S(=O)(=O)N2CCC(C)(C(=O)O)C2)cc1OC. The first-order valence-corrected chi connectivity index (χ1v) is 8.59. The molecule has 0 spiro atoms. The van der Waals surface area contributed by atoms with Gasteiger partial charge < -0.3 is 14.6 Å². The highest BCUT2D eigenvalue weighted by Crippen LogP contribution is 2.34. The Balaban J connectivity index is 2.37. The molecule has 1 unspecified atom stereocenters. The van der Waals surface area contributed by atoms with Gasteiger partial charge in [0.05, 0.1) is 24.5 Å². The Bertz CT molecular complexity index is 774. The van der Waals surface area contributed by atoms with E-state index in [1.54, 1.807) is 0 Å². The molecule has 1 fully saturated rings. The van der Waals surface area contributed by atoms with Crippen molar-refractivity contribution < 1.29 is 32.6 Å². The summed E-state index contributed by atoms with van der Waals surface area (Å²) in [6, 6.07) is 3.82. The topological polar surface area (TPSA) is 110 Å². The lowest BCUT2D eigenvalue weighted by molar-refractivity contribution is -0.146. The quantitative estimate of drug-likeness (QED) is 0.782. The molecule has 0 bridgehead atoms. The van der Waals surface area contributed by atoms with Crippen molar-refractivity contribution in [2.45, 2.75) is 18.2 Å². The van der Waals surface area contributed by atoms with E-state index in [-0.39, 0.29) is 35.7 Å². The van der Waals surface area contributed by atoms with E-state index in [9.17, 15) is 23.1 Å². The fourth-order valence-electron chi connectivity index (χ4n) is 2.56. The van der Waals surface area contributed by atoms with Crippen molar-refractivity contribution in [3.8, 4) is 5.75 Å². The number of ether oxygens (including phenoxy) is 2. The van der Waals surface area contributed by atoms with Crippen LogP contribution in [-0.4, -0.2) is 57.1 Å². The molecule has 1 aliphatic heterocycles. The second-order valence-electron chi connectivity index (χ2n) is 5.81. The number of hydrogen-bond acceptors (Lipinski definition) is 6. The summed E-state index contributed by atoms with van der Waals surface area (Å²) in [5, 5.41) is 9.24. The van der Waals surface area contributed by atoms with Crippen LogP contribution in [0.2, 0.25) is 0 Å². The molecule has 8 nitrogen and oxygen atoms in total. The lowest BCUT2D eigenvalue weighted by Gasteiger charge is -2.20. The summed E-state index contributed by atoms with van der Waals surface area (Å²) in [7, 11) is -1.36. The van der Waals surface area contributed by atoms with Gasteiger partial charge >= 0.3 is 11.9 Å². The van der Waals surface area contributed by atoms with Crippen LogP contribution >= 0.6 is 0 Å². The molecule has 0 aliphatic carbocycles. The third-order valence-electron chi connectivity index (χ3n) is 4.17. The molecule has 132 valence electrons. The average Bonchev–Trinajstić information content (AvgIpc) is 2.98. The maximum Gasteiger partial charge on any atom is 0.341 e. The Kier molecular flexibility index (Phi) is 4.86. The van der Waals surface area contributed by atoms with E-state index >= 15 is 0 Å². The largest absolute Gasteiger partial charge is 0.496 e. The van der Waals surface area contributed by atoms with E-state index in [0.717, 1.165) is 4.31 Å². The fourth-order valence-corrected chi connectivity index (χ4v) is 4.14. The van der Waals surface area contributed by atoms with Gasteiger partial charge in [-0.1, -0.05) is 0 Å². The number of aliphatic carboxylic acids is 1. The van der Waals surface area contributed by atoms with Gasteiger partial charge in [-0.25, -0.2) is 13.2 Å². The summed E-state index contributed by atoms with van der Waals surface area (Å²) in [6.45, 7) is 1.53. The Hall–Kier alpha value is -2.13. The first-order valence-electron chi connectivity index (χ1n) is 7.15. The van der Waals surface area contributed by atoms with Crippen molar-refractivity contribution in [3.63, 3.8) is 0 Å². The Labute approximate surface area is 140 Å². The van der Waals surface area contributed by atoms with Gasteiger partial charge in [-0.2, -0.15) is 4.31 Å². The summed E-state index contributed by atoms with van der Waals surface area (Å²) in [4.78, 5) is 22.9. The van der Waals surface area contributed by atoms with Crippen LogP contribution in [-0.2, 0) is 19.6 Å². The number of rotatable bonds is 5. The molecule has 1 aromatic carbocycles. The monoisotopic (exact) mass is 357 g/mol. The highest BCUT2D eigenvalue weighted by atomic mass is 32.2. The number of benzene rings is 1. The highest BCUT2D eigenvalue weighted by Gasteiger charge is 2.45. The Morgan fingerprint density at radius 1 is 1.29 bits per heavy atom. The molecule has 0 saturated carbocycles. The van der Waals surface area contributed by atoms with Gasteiger partial charge in [-0.3, -0.25) is 4.79 Å². The maximum atomic E-state index is 12.7. The minimum absolute atomic E-state index is 0.0679. The van der Waals surface area contributed by atoms with Crippen LogP contribution in [0.25, 0.3) is 0 Å². The molecule has 1 N–H and O–H groups in total. The zero-order chi connectivity index (χ0) is 18.1. The zero-order valence-corrected chi connectivity index (χ0v) is 14.4. The molecular formula is C15H19NO7S. The minimum Gasteiger partial charge on any atom is -0.496 e. The van der Waals surface area contributed by atoms with Crippen molar-refractivity contribution in [2.75, 3.05) is 27.3 Å². The van der Waals surface area contributed by atoms with Crippen molar-refractivity contribution in [1.29, 1.82) is 0 Å². The molecule has 0 aromatic heterocycles.